The highest BCUT2D eigenvalue weighted by Crippen LogP contribution is 2.45. The molecule has 3 aliphatic rings. The lowest BCUT2D eigenvalue weighted by Crippen LogP contribution is -2.40. The number of rotatable bonds is 5. The number of ether oxygens (including phenoxy) is 1. The first-order chi connectivity index (χ1) is 19.8. The van der Waals surface area contributed by atoms with Crippen LogP contribution in [0.4, 0.5) is 0 Å². The van der Waals surface area contributed by atoms with Gasteiger partial charge in [-0.25, -0.2) is 13.4 Å². The average molecular weight is 699 g/mol. The van der Waals surface area contributed by atoms with Crippen LogP contribution in [-0.4, -0.2) is 55.7 Å². The smallest absolute Gasteiger partial charge is 0.274 e. The van der Waals surface area contributed by atoms with Gasteiger partial charge in [0.2, 0.25) is 10.0 Å². The number of sulfonamides is 1. The highest BCUT2D eigenvalue weighted by atomic mass is 79.9. The molecule has 212 valence electrons. The van der Waals surface area contributed by atoms with E-state index in [-0.39, 0.29) is 22.8 Å². The molecule has 10 heteroatoms. The molecular weight excluding hydrogens is 670 g/mol. The second kappa shape index (κ2) is 11.9. The molecule has 0 unspecified atom stereocenters. The van der Waals surface area contributed by atoms with Gasteiger partial charge in [0.1, 0.15) is 0 Å². The molecule has 0 spiro atoms. The Morgan fingerprint density at radius 1 is 0.902 bits per heavy atom. The average Bonchev–Trinajstić information content (AvgIpc) is 3.39. The Labute approximate surface area is 257 Å². The van der Waals surface area contributed by atoms with Crippen LogP contribution in [0, 0.1) is 5.92 Å². The maximum absolute atomic E-state index is 14.0. The molecule has 1 amide bonds. The lowest BCUT2D eigenvalue weighted by atomic mass is 9.77. The van der Waals surface area contributed by atoms with Crippen LogP contribution in [-0.2, 0) is 14.8 Å². The van der Waals surface area contributed by atoms with E-state index >= 15 is 0 Å². The minimum Gasteiger partial charge on any atom is -0.379 e. The third-order valence-electron chi connectivity index (χ3n) is 7.84. The van der Waals surface area contributed by atoms with Gasteiger partial charge >= 0.3 is 0 Å². The van der Waals surface area contributed by atoms with Gasteiger partial charge in [0.25, 0.3) is 5.91 Å². The van der Waals surface area contributed by atoms with E-state index in [0.717, 1.165) is 50.6 Å². The Morgan fingerprint density at radius 2 is 1.54 bits per heavy atom. The van der Waals surface area contributed by atoms with Crippen LogP contribution in [0.5, 0.6) is 0 Å². The number of amides is 1. The van der Waals surface area contributed by atoms with Crippen LogP contribution < -0.4 is 0 Å². The second-order valence-corrected chi connectivity index (χ2v) is 14.2. The van der Waals surface area contributed by atoms with Gasteiger partial charge in [-0.05, 0) is 90.6 Å². The number of benzene rings is 3. The molecule has 2 heterocycles. The molecule has 41 heavy (non-hydrogen) atoms. The number of allylic oxidation sites excluding steroid dienone is 1. The van der Waals surface area contributed by atoms with Gasteiger partial charge in [-0.3, -0.25) is 4.79 Å². The van der Waals surface area contributed by atoms with Crippen molar-refractivity contribution in [1.82, 2.24) is 9.31 Å². The predicted molar refractivity (Wildman–Crippen MR) is 166 cm³/mol. The normalized spacial score (nSPS) is 22.4. The molecular formula is C31H29Br2N3O4S. The summed E-state index contributed by atoms with van der Waals surface area (Å²) in [5.74, 6) is -0.185. The van der Waals surface area contributed by atoms with E-state index in [0.29, 0.717) is 31.9 Å². The van der Waals surface area contributed by atoms with Crippen LogP contribution in [0.1, 0.15) is 46.8 Å². The van der Waals surface area contributed by atoms with E-state index in [1.807, 2.05) is 36.4 Å². The molecule has 0 N–H and O–H groups in total. The number of morpholine rings is 1. The van der Waals surface area contributed by atoms with E-state index in [1.165, 1.54) is 16.4 Å². The topological polar surface area (TPSA) is 79.3 Å². The van der Waals surface area contributed by atoms with E-state index in [4.69, 9.17) is 9.84 Å². The third kappa shape index (κ3) is 5.85. The Bertz CT molecular complexity index is 1600. The van der Waals surface area contributed by atoms with Crippen LogP contribution in [0.25, 0.3) is 6.08 Å². The number of hydrogen-bond acceptors (Lipinski definition) is 5. The molecule has 1 aliphatic carbocycles. The highest BCUT2D eigenvalue weighted by Gasteiger charge is 2.44. The fraction of sp³-hybridized carbons (Fsp3) is 0.290. The second-order valence-electron chi connectivity index (χ2n) is 10.4. The molecule has 0 aromatic heterocycles. The summed E-state index contributed by atoms with van der Waals surface area (Å²) in [7, 11) is -3.65. The zero-order chi connectivity index (χ0) is 28.6. The third-order valence-corrected chi connectivity index (χ3v) is 10.8. The van der Waals surface area contributed by atoms with Crippen molar-refractivity contribution in [1.29, 1.82) is 0 Å². The SMILES string of the molecule is O=C(c1ccc(S(=O)(=O)N2CCOCC2)cc1)N1N=C2/C(=C\c3ccc(Br)cc3)CCC[C@@H]2[C@@H]1c1ccc(Br)cc1. The van der Waals surface area contributed by atoms with Crippen LogP contribution in [0.3, 0.4) is 0 Å². The molecule has 7 nitrogen and oxygen atoms in total. The van der Waals surface area contributed by atoms with E-state index in [9.17, 15) is 13.2 Å². The number of nitrogens with zero attached hydrogens (tertiary/aromatic N) is 3. The number of halogens is 2. The maximum atomic E-state index is 14.0. The molecule has 2 atom stereocenters. The van der Waals surface area contributed by atoms with Crippen molar-refractivity contribution >= 4 is 59.6 Å². The molecule has 0 radical (unpaired) electrons. The minimum absolute atomic E-state index is 0.0662. The van der Waals surface area contributed by atoms with Gasteiger partial charge in [0.15, 0.2) is 0 Å². The van der Waals surface area contributed by atoms with Crippen LogP contribution >= 0.6 is 31.9 Å². The summed E-state index contributed by atoms with van der Waals surface area (Å²) in [6.07, 6.45) is 5.01. The van der Waals surface area contributed by atoms with Crippen molar-refractivity contribution < 1.29 is 17.9 Å². The number of hydrogen-bond donors (Lipinski definition) is 0. The Kier molecular flexibility index (Phi) is 8.29. The van der Waals surface area contributed by atoms with Gasteiger partial charge in [0, 0.05) is 33.5 Å². The number of carbonyl (C=O) groups excluding carboxylic acids is 1. The summed E-state index contributed by atoms with van der Waals surface area (Å²) < 4.78 is 34.9. The first kappa shape index (κ1) is 28.5. The van der Waals surface area contributed by atoms with E-state index < -0.39 is 10.0 Å². The molecule has 3 aromatic rings. The van der Waals surface area contributed by atoms with E-state index in [1.54, 1.807) is 17.1 Å². The summed E-state index contributed by atoms with van der Waals surface area (Å²) in [6, 6.07) is 22.2. The summed E-state index contributed by atoms with van der Waals surface area (Å²) in [4.78, 5) is 14.2. The highest BCUT2D eigenvalue weighted by molar-refractivity contribution is 9.10. The first-order valence-corrected chi connectivity index (χ1v) is 16.7. The number of carbonyl (C=O) groups is 1. The van der Waals surface area contributed by atoms with Gasteiger partial charge in [-0.2, -0.15) is 9.41 Å². The Balaban J connectivity index is 1.34. The molecule has 2 aliphatic heterocycles. The monoisotopic (exact) mass is 697 g/mol. The molecule has 1 saturated heterocycles. The van der Waals surface area contributed by atoms with Gasteiger partial charge < -0.3 is 4.74 Å². The zero-order valence-corrected chi connectivity index (χ0v) is 26.2. The molecule has 1 saturated carbocycles. The lowest BCUT2D eigenvalue weighted by Gasteiger charge is -2.30. The zero-order valence-electron chi connectivity index (χ0n) is 22.2. The van der Waals surface area contributed by atoms with Crippen molar-refractivity contribution in [3.63, 3.8) is 0 Å². The summed E-state index contributed by atoms with van der Waals surface area (Å²) >= 11 is 7.03. The fourth-order valence-corrected chi connectivity index (χ4v) is 7.70. The van der Waals surface area contributed by atoms with Crippen molar-refractivity contribution in [2.75, 3.05) is 26.3 Å². The maximum Gasteiger partial charge on any atom is 0.274 e. The summed E-state index contributed by atoms with van der Waals surface area (Å²) in [5, 5.41) is 6.58. The minimum atomic E-state index is -3.65. The van der Waals surface area contributed by atoms with Crippen LogP contribution in [0.15, 0.2) is 97.3 Å². The molecule has 0 bridgehead atoms. The van der Waals surface area contributed by atoms with Gasteiger partial charge in [-0.1, -0.05) is 56.1 Å². The lowest BCUT2D eigenvalue weighted by molar-refractivity contribution is 0.0680. The van der Waals surface area contributed by atoms with Crippen LogP contribution in [0.2, 0.25) is 0 Å². The summed E-state index contributed by atoms with van der Waals surface area (Å²) in [5.41, 5.74) is 4.60. The molecule has 3 aromatic carbocycles. The van der Waals surface area contributed by atoms with Crippen molar-refractivity contribution in [2.45, 2.75) is 30.2 Å². The van der Waals surface area contributed by atoms with E-state index in [2.05, 4.69) is 50.1 Å². The Morgan fingerprint density at radius 3 is 2.20 bits per heavy atom. The summed E-state index contributed by atoms with van der Waals surface area (Å²) in [6.45, 7) is 1.39. The quantitative estimate of drug-likeness (QED) is 0.298. The fourth-order valence-electron chi connectivity index (χ4n) is 5.76. The number of hydrazone groups is 1. The van der Waals surface area contributed by atoms with Gasteiger partial charge in [0.05, 0.1) is 29.9 Å². The largest absolute Gasteiger partial charge is 0.379 e. The van der Waals surface area contributed by atoms with Gasteiger partial charge in [-0.15, -0.1) is 0 Å². The number of fused-ring (bicyclic) bond motifs is 1. The standard InChI is InChI=1S/C31H29Br2N3O4S/c32-25-10-4-21(5-11-25)20-24-2-1-3-28-29(24)34-36(30(28)22-6-12-26(33)13-7-22)31(37)23-8-14-27(15-9-23)41(38,39)35-16-18-40-19-17-35/h4-15,20,28,30H,1-3,16-19H2/b24-20-/t28-,30-/m0/s1. The Hall–Kier alpha value is -2.63. The first-order valence-electron chi connectivity index (χ1n) is 13.6. The van der Waals surface area contributed by atoms with Crippen molar-refractivity contribution in [3.05, 3.63) is 104 Å². The molecule has 2 fully saturated rings. The van der Waals surface area contributed by atoms with Crippen molar-refractivity contribution in [3.8, 4) is 0 Å². The molecule has 6 rings (SSSR count). The predicted octanol–water partition coefficient (Wildman–Crippen LogP) is 6.67. The van der Waals surface area contributed by atoms with Crippen molar-refractivity contribution in [2.24, 2.45) is 11.0 Å².